The van der Waals surface area contributed by atoms with E-state index in [1.54, 1.807) is 6.92 Å². The molecule has 3 N–H and O–H groups in total. The van der Waals surface area contributed by atoms with E-state index in [0.717, 1.165) is 11.0 Å². The highest BCUT2D eigenvalue weighted by Gasteiger charge is 2.51. The maximum absolute atomic E-state index is 14.5. The molecule has 0 spiro atoms. The first-order valence-corrected chi connectivity index (χ1v) is 12.6. The van der Waals surface area contributed by atoms with Gasteiger partial charge in [-0.25, -0.2) is 17.5 Å². The second-order valence-corrected chi connectivity index (χ2v) is 10.3. The number of halogens is 1. The molecule has 1 unspecified atom stereocenters. The SMILES string of the molecule is C=CS(=O)(=O)N[C@H]1CN(C2(C)C(=O)Nc3c(NCC)cc(F)cc32)CC[C@@H]1c1ccccc1. The van der Waals surface area contributed by atoms with E-state index in [2.05, 4.69) is 21.9 Å². The van der Waals surface area contributed by atoms with E-state index in [0.29, 0.717) is 36.4 Å². The van der Waals surface area contributed by atoms with Gasteiger partial charge in [-0.05, 0) is 38.0 Å². The molecule has 1 saturated heterocycles. The van der Waals surface area contributed by atoms with Crippen LogP contribution in [0.25, 0.3) is 0 Å². The number of amides is 1. The van der Waals surface area contributed by atoms with E-state index < -0.39 is 27.4 Å². The summed E-state index contributed by atoms with van der Waals surface area (Å²) in [5, 5.41) is 6.92. The van der Waals surface area contributed by atoms with E-state index >= 15 is 0 Å². The van der Waals surface area contributed by atoms with Crippen molar-refractivity contribution < 1.29 is 17.6 Å². The van der Waals surface area contributed by atoms with E-state index in [-0.39, 0.29) is 18.4 Å². The molecular formula is C24H29FN4O3S. The Hall–Kier alpha value is -2.75. The summed E-state index contributed by atoms with van der Waals surface area (Å²) >= 11 is 0. The molecule has 7 nitrogen and oxygen atoms in total. The molecule has 0 aliphatic carbocycles. The number of rotatable bonds is 7. The Morgan fingerprint density at radius 3 is 2.70 bits per heavy atom. The highest BCUT2D eigenvalue weighted by atomic mass is 32.2. The van der Waals surface area contributed by atoms with Crippen molar-refractivity contribution in [3.63, 3.8) is 0 Å². The molecular weight excluding hydrogens is 443 g/mol. The van der Waals surface area contributed by atoms with E-state index in [9.17, 15) is 17.6 Å². The standard InChI is InChI=1S/C24H29FN4O3S/c1-4-26-20-14-17(25)13-19-22(20)27-23(30)24(19,3)29-12-11-18(16-9-7-6-8-10-16)21(15-29)28-33(31,32)5-2/h5-10,13-14,18,21,26,28H,2,4,11-12,15H2,1,3H3,(H,27,30)/t18-,21+,24?/m1/s1. The van der Waals surface area contributed by atoms with Gasteiger partial charge in [0.1, 0.15) is 11.4 Å². The molecule has 2 aliphatic heterocycles. The minimum Gasteiger partial charge on any atom is -0.384 e. The molecule has 2 aromatic rings. The van der Waals surface area contributed by atoms with Crippen molar-refractivity contribution in [2.24, 2.45) is 0 Å². The molecule has 33 heavy (non-hydrogen) atoms. The number of carbonyl (C=O) groups is 1. The fraction of sp³-hybridized carbons (Fsp3) is 0.375. The minimum atomic E-state index is -3.70. The first-order valence-electron chi connectivity index (χ1n) is 11.0. The summed E-state index contributed by atoms with van der Waals surface area (Å²) in [6.07, 6.45) is 0.627. The number of hydrogen-bond acceptors (Lipinski definition) is 5. The number of anilines is 2. The van der Waals surface area contributed by atoms with Crippen LogP contribution in [0.3, 0.4) is 0 Å². The number of nitrogens with one attached hydrogen (secondary N) is 3. The molecule has 2 aromatic carbocycles. The summed E-state index contributed by atoms with van der Waals surface area (Å²) in [5.41, 5.74) is 1.54. The lowest BCUT2D eigenvalue weighted by atomic mass is 9.82. The van der Waals surface area contributed by atoms with Gasteiger partial charge in [0.2, 0.25) is 15.9 Å². The van der Waals surface area contributed by atoms with Crippen LogP contribution in [0.1, 0.15) is 37.3 Å². The average molecular weight is 473 g/mol. The Bertz CT molecular complexity index is 1170. The Morgan fingerprint density at radius 1 is 1.30 bits per heavy atom. The number of nitrogens with zero attached hydrogens (tertiary/aromatic N) is 1. The lowest BCUT2D eigenvalue weighted by Gasteiger charge is -2.45. The third kappa shape index (κ3) is 4.28. The van der Waals surface area contributed by atoms with Crippen LogP contribution in [0.2, 0.25) is 0 Å². The van der Waals surface area contributed by atoms with Crippen LogP contribution in [0.5, 0.6) is 0 Å². The van der Waals surface area contributed by atoms with E-state index in [1.807, 2.05) is 42.2 Å². The highest BCUT2D eigenvalue weighted by molar-refractivity contribution is 7.92. The molecule has 0 radical (unpaired) electrons. The van der Waals surface area contributed by atoms with Crippen LogP contribution >= 0.6 is 0 Å². The number of likely N-dealkylation sites (tertiary alicyclic amines) is 1. The zero-order valence-corrected chi connectivity index (χ0v) is 19.6. The molecule has 2 heterocycles. The third-order valence-corrected chi connectivity index (χ3v) is 7.75. The quantitative estimate of drug-likeness (QED) is 0.575. The highest BCUT2D eigenvalue weighted by Crippen LogP contribution is 2.46. The van der Waals surface area contributed by atoms with Crippen molar-refractivity contribution in [2.75, 3.05) is 30.3 Å². The van der Waals surface area contributed by atoms with Crippen LogP contribution in [0.15, 0.2) is 54.5 Å². The van der Waals surface area contributed by atoms with Gasteiger partial charge in [0, 0.05) is 42.6 Å². The maximum atomic E-state index is 14.5. The van der Waals surface area contributed by atoms with Gasteiger partial charge in [0.15, 0.2) is 0 Å². The average Bonchev–Trinajstić information content (AvgIpc) is 3.05. The van der Waals surface area contributed by atoms with Crippen molar-refractivity contribution in [3.05, 3.63) is 71.4 Å². The summed E-state index contributed by atoms with van der Waals surface area (Å²) < 4.78 is 42.0. The molecule has 2 aliphatic rings. The van der Waals surface area contributed by atoms with Crippen molar-refractivity contribution in [1.29, 1.82) is 0 Å². The summed E-state index contributed by atoms with van der Waals surface area (Å²) in [5.74, 6) is -0.768. The monoisotopic (exact) mass is 472 g/mol. The van der Waals surface area contributed by atoms with Gasteiger partial charge in [-0.15, -0.1) is 0 Å². The van der Waals surface area contributed by atoms with Gasteiger partial charge in [0.25, 0.3) is 0 Å². The zero-order valence-electron chi connectivity index (χ0n) is 18.8. The third-order valence-electron chi connectivity index (χ3n) is 6.68. The molecule has 4 rings (SSSR count). The van der Waals surface area contributed by atoms with E-state index in [1.165, 1.54) is 12.1 Å². The predicted molar refractivity (Wildman–Crippen MR) is 128 cm³/mol. The first-order chi connectivity index (χ1) is 15.7. The van der Waals surface area contributed by atoms with Crippen LogP contribution in [-0.4, -0.2) is 44.9 Å². The summed E-state index contributed by atoms with van der Waals surface area (Å²) in [6, 6.07) is 12.0. The number of fused-ring (bicyclic) bond motifs is 1. The molecule has 3 atom stereocenters. The van der Waals surface area contributed by atoms with Crippen molar-refractivity contribution in [2.45, 2.75) is 37.8 Å². The number of hydrogen-bond donors (Lipinski definition) is 3. The van der Waals surface area contributed by atoms with Gasteiger partial charge in [-0.2, -0.15) is 0 Å². The van der Waals surface area contributed by atoms with Crippen LogP contribution < -0.4 is 15.4 Å². The fourth-order valence-electron chi connectivity index (χ4n) is 4.96. The Kier molecular flexibility index (Phi) is 6.30. The maximum Gasteiger partial charge on any atom is 0.249 e. The van der Waals surface area contributed by atoms with Gasteiger partial charge >= 0.3 is 0 Å². The second-order valence-electron chi connectivity index (χ2n) is 8.62. The Morgan fingerprint density at radius 2 is 2.03 bits per heavy atom. The normalized spacial score (nSPS) is 25.4. The lowest BCUT2D eigenvalue weighted by Crippen LogP contribution is -2.58. The number of carbonyl (C=O) groups excluding carboxylic acids is 1. The van der Waals surface area contributed by atoms with Crippen molar-refractivity contribution >= 4 is 27.3 Å². The van der Waals surface area contributed by atoms with Crippen LogP contribution in [-0.2, 0) is 20.4 Å². The summed E-state index contributed by atoms with van der Waals surface area (Å²) in [7, 11) is -3.70. The Labute approximate surface area is 194 Å². The predicted octanol–water partition coefficient (Wildman–Crippen LogP) is 3.35. The zero-order chi connectivity index (χ0) is 23.8. The molecule has 1 fully saturated rings. The second kappa shape index (κ2) is 8.89. The fourth-order valence-corrected chi connectivity index (χ4v) is 5.72. The van der Waals surface area contributed by atoms with Gasteiger partial charge in [-0.3, -0.25) is 9.69 Å². The molecule has 176 valence electrons. The molecule has 0 bridgehead atoms. The van der Waals surface area contributed by atoms with Crippen LogP contribution in [0.4, 0.5) is 15.8 Å². The molecule has 1 amide bonds. The lowest BCUT2D eigenvalue weighted by molar-refractivity contribution is -0.127. The summed E-state index contributed by atoms with van der Waals surface area (Å²) in [4.78, 5) is 15.2. The number of sulfonamides is 1. The minimum absolute atomic E-state index is 0.0745. The van der Waals surface area contributed by atoms with Gasteiger partial charge in [-0.1, -0.05) is 36.9 Å². The van der Waals surface area contributed by atoms with Crippen LogP contribution in [0, 0.1) is 5.82 Å². The first kappa shape index (κ1) is 23.4. The van der Waals surface area contributed by atoms with Crippen molar-refractivity contribution in [3.8, 4) is 0 Å². The molecule has 9 heteroatoms. The van der Waals surface area contributed by atoms with E-state index in [4.69, 9.17) is 0 Å². The number of benzene rings is 2. The largest absolute Gasteiger partial charge is 0.384 e. The summed E-state index contributed by atoms with van der Waals surface area (Å²) in [6.45, 7) is 8.48. The smallest absolute Gasteiger partial charge is 0.249 e. The Balaban J connectivity index is 1.72. The molecule has 0 aromatic heterocycles. The van der Waals surface area contributed by atoms with Gasteiger partial charge < -0.3 is 10.6 Å². The van der Waals surface area contributed by atoms with Crippen molar-refractivity contribution in [1.82, 2.24) is 9.62 Å². The number of piperidine rings is 1. The molecule has 0 saturated carbocycles. The van der Waals surface area contributed by atoms with Gasteiger partial charge in [0.05, 0.1) is 11.4 Å². The topological polar surface area (TPSA) is 90.5 Å².